The molecule has 0 aliphatic carbocycles. The number of alkyl halides is 3. The van der Waals surface area contributed by atoms with Crippen LogP contribution in [0.2, 0.25) is 0 Å². The number of benzene rings is 2. The number of methoxy groups -OCH3 is 1. The highest BCUT2D eigenvalue weighted by Gasteiger charge is 2.30. The smallest absolute Gasteiger partial charge is 0.416 e. The van der Waals surface area contributed by atoms with Crippen molar-refractivity contribution in [3.63, 3.8) is 0 Å². The number of rotatable bonds is 4. The van der Waals surface area contributed by atoms with E-state index in [1.807, 2.05) is 0 Å². The molecular formula is C18H12F5N3O2. The lowest BCUT2D eigenvalue weighted by atomic mass is 10.2. The van der Waals surface area contributed by atoms with Crippen LogP contribution in [0.1, 0.15) is 16.1 Å². The molecule has 1 heterocycles. The van der Waals surface area contributed by atoms with E-state index in [0.29, 0.717) is 6.07 Å². The van der Waals surface area contributed by atoms with Crippen molar-refractivity contribution in [2.24, 2.45) is 0 Å². The molecule has 3 aromatic rings. The molecule has 1 amide bonds. The second kappa shape index (κ2) is 7.29. The second-order valence-corrected chi connectivity index (χ2v) is 5.65. The van der Waals surface area contributed by atoms with Gasteiger partial charge < -0.3 is 10.1 Å². The lowest BCUT2D eigenvalue weighted by Gasteiger charge is -2.08. The monoisotopic (exact) mass is 397 g/mol. The summed E-state index contributed by atoms with van der Waals surface area (Å²) in [5.74, 6) is -2.67. The molecule has 1 aromatic heterocycles. The van der Waals surface area contributed by atoms with Crippen LogP contribution in [0.4, 0.5) is 27.6 Å². The van der Waals surface area contributed by atoms with Gasteiger partial charge in [-0.15, -0.1) is 0 Å². The van der Waals surface area contributed by atoms with Gasteiger partial charge in [0, 0.05) is 11.8 Å². The van der Waals surface area contributed by atoms with Crippen LogP contribution in [-0.4, -0.2) is 22.8 Å². The summed E-state index contributed by atoms with van der Waals surface area (Å²) in [5.41, 5.74) is -1.27. The van der Waals surface area contributed by atoms with E-state index >= 15 is 0 Å². The fourth-order valence-electron chi connectivity index (χ4n) is 2.44. The van der Waals surface area contributed by atoms with Gasteiger partial charge in [0.05, 0.1) is 24.6 Å². The van der Waals surface area contributed by atoms with E-state index < -0.39 is 29.3 Å². The first-order chi connectivity index (χ1) is 13.2. The molecule has 2 aromatic carbocycles. The summed E-state index contributed by atoms with van der Waals surface area (Å²) in [7, 11) is 1.24. The first-order valence-electron chi connectivity index (χ1n) is 7.76. The zero-order valence-electron chi connectivity index (χ0n) is 14.2. The van der Waals surface area contributed by atoms with Crippen molar-refractivity contribution in [1.82, 2.24) is 9.78 Å². The highest BCUT2D eigenvalue weighted by atomic mass is 19.4. The third-order valence-electron chi connectivity index (χ3n) is 3.67. The van der Waals surface area contributed by atoms with Gasteiger partial charge in [0.25, 0.3) is 5.91 Å². The van der Waals surface area contributed by atoms with Gasteiger partial charge in [0.1, 0.15) is 11.6 Å². The Kier molecular flexibility index (Phi) is 5.04. The summed E-state index contributed by atoms with van der Waals surface area (Å²) in [6, 6.07) is 6.76. The van der Waals surface area contributed by atoms with Gasteiger partial charge in [-0.2, -0.15) is 18.3 Å². The quantitative estimate of drug-likeness (QED) is 0.663. The standard InChI is InChI=1S/C18H12F5N3O2/c1-28-15-9-26(14-4-2-3-10(5-14)18(21,22)23)25-16(15)17(27)24-13-7-11(19)6-12(20)8-13/h2-9H,1H3,(H,24,27). The first kappa shape index (κ1) is 19.3. The van der Waals surface area contributed by atoms with Crippen molar-refractivity contribution in [2.75, 3.05) is 12.4 Å². The Bertz CT molecular complexity index is 1010. The molecule has 0 spiro atoms. The number of hydrogen-bond donors (Lipinski definition) is 1. The number of hydrogen-bond acceptors (Lipinski definition) is 3. The minimum Gasteiger partial charge on any atom is -0.493 e. The van der Waals surface area contributed by atoms with Crippen molar-refractivity contribution >= 4 is 11.6 Å². The van der Waals surface area contributed by atoms with E-state index in [-0.39, 0.29) is 22.8 Å². The van der Waals surface area contributed by atoms with Crippen LogP contribution in [0, 0.1) is 11.6 Å². The Labute approximate surface area is 155 Å². The molecule has 1 N–H and O–H groups in total. The highest BCUT2D eigenvalue weighted by Crippen LogP contribution is 2.31. The summed E-state index contributed by atoms with van der Waals surface area (Å²) < 4.78 is 71.3. The molecule has 10 heteroatoms. The molecule has 0 aliphatic rings. The Morgan fingerprint density at radius 3 is 2.39 bits per heavy atom. The molecule has 0 aliphatic heterocycles. The summed E-state index contributed by atoms with van der Waals surface area (Å²) >= 11 is 0. The van der Waals surface area contributed by atoms with Crippen molar-refractivity contribution in [3.05, 3.63) is 71.6 Å². The maximum absolute atomic E-state index is 13.3. The number of nitrogens with zero attached hydrogens (tertiary/aromatic N) is 2. The molecule has 5 nitrogen and oxygen atoms in total. The number of halogens is 5. The van der Waals surface area contributed by atoms with Crippen LogP contribution < -0.4 is 10.1 Å². The number of carbonyl (C=O) groups excluding carboxylic acids is 1. The van der Waals surface area contributed by atoms with E-state index in [2.05, 4.69) is 10.4 Å². The molecular weight excluding hydrogens is 385 g/mol. The van der Waals surface area contributed by atoms with Gasteiger partial charge in [-0.3, -0.25) is 4.79 Å². The zero-order chi connectivity index (χ0) is 20.5. The average molecular weight is 397 g/mol. The second-order valence-electron chi connectivity index (χ2n) is 5.65. The molecule has 0 fully saturated rings. The summed E-state index contributed by atoms with van der Waals surface area (Å²) in [4.78, 5) is 12.4. The van der Waals surface area contributed by atoms with Crippen LogP contribution >= 0.6 is 0 Å². The number of anilines is 1. The van der Waals surface area contributed by atoms with Crippen LogP contribution in [-0.2, 0) is 6.18 Å². The van der Waals surface area contributed by atoms with Crippen LogP contribution in [0.25, 0.3) is 5.69 Å². The van der Waals surface area contributed by atoms with E-state index in [9.17, 15) is 26.7 Å². The van der Waals surface area contributed by atoms with Crippen molar-refractivity contribution in [3.8, 4) is 11.4 Å². The van der Waals surface area contributed by atoms with Gasteiger partial charge in [0.2, 0.25) is 0 Å². The Morgan fingerprint density at radius 2 is 1.79 bits per heavy atom. The van der Waals surface area contributed by atoms with Crippen LogP contribution in [0.5, 0.6) is 5.75 Å². The maximum atomic E-state index is 13.3. The molecule has 0 saturated carbocycles. The molecule has 146 valence electrons. The summed E-state index contributed by atoms with van der Waals surface area (Å²) in [6.45, 7) is 0. The van der Waals surface area contributed by atoms with Crippen molar-refractivity contribution < 1.29 is 31.5 Å². The third-order valence-corrected chi connectivity index (χ3v) is 3.67. The van der Waals surface area contributed by atoms with E-state index in [4.69, 9.17) is 4.74 Å². The zero-order valence-corrected chi connectivity index (χ0v) is 14.2. The fourth-order valence-corrected chi connectivity index (χ4v) is 2.44. The van der Waals surface area contributed by atoms with Crippen molar-refractivity contribution in [2.45, 2.75) is 6.18 Å². The molecule has 0 saturated heterocycles. The molecule has 0 bridgehead atoms. The first-order valence-corrected chi connectivity index (χ1v) is 7.76. The Balaban J connectivity index is 1.93. The SMILES string of the molecule is COc1cn(-c2cccc(C(F)(F)F)c2)nc1C(=O)Nc1cc(F)cc(F)c1. The molecule has 0 radical (unpaired) electrons. The van der Waals surface area contributed by atoms with Crippen LogP contribution in [0.15, 0.2) is 48.7 Å². The number of aromatic nitrogens is 2. The molecule has 3 rings (SSSR count). The Hall–Kier alpha value is -3.43. The molecule has 0 unspecified atom stereocenters. The number of ether oxygens (including phenoxy) is 1. The summed E-state index contributed by atoms with van der Waals surface area (Å²) in [6.07, 6.45) is -3.33. The topological polar surface area (TPSA) is 56.2 Å². The van der Waals surface area contributed by atoms with Gasteiger partial charge in [0.15, 0.2) is 11.4 Å². The number of amides is 1. The Morgan fingerprint density at radius 1 is 1.11 bits per heavy atom. The summed E-state index contributed by atoms with van der Waals surface area (Å²) in [5, 5.41) is 6.20. The fraction of sp³-hybridized carbons (Fsp3) is 0.111. The largest absolute Gasteiger partial charge is 0.493 e. The number of nitrogens with one attached hydrogen (secondary N) is 1. The maximum Gasteiger partial charge on any atom is 0.416 e. The normalized spacial score (nSPS) is 11.4. The lowest BCUT2D eigenvalue weighted by molar-refractivity contribution is -0.137. The van der Waals surface area contributed by atoms with Gasteiger partial charge in [-0.1, -0.05) is 6.07 Å². The minimum absolute atomic E-state index is 0.0354. The van der Waals surface area contributed by atoms with Crippen molar-refractivity contribution in [1.29, 1.82) is 0 Å². The third kappa shape index (κ3) is 4.11. The molecule has 28 heavy (non-hydrogen) atoms. The number of carbonyl (C=O) groups is 1. The van der Waals surface area contributed by atoms with Gasteiger partial charge >= 0.3 is 6.18 Å². The van der Waals surface area contributed by atoms with Gasteiger partial charge in [-0.25, -0.2) is 13.5 Å². The average Bonchev–Trinajstić information content (AvgIpc) is 3.05. The van der Waals surface area contributed by atoms with E-state index in [0.717, 1.165) is 28.9 Å². The predicted molar refractivity (Wildman–Crippen MR) is 89.4 cm³/mol. The predicted octanol–water partition coefficient (Wildman–Crippen LogP) is 4.43. The minimum atomic E-state index is -4.55. The lowest BCUT2D eigenvalue weighted by Crippen LogP contribution is -2.14. The van der Waals surface area contributed by atoms with Gasteiger partial charge in [-0.05, 0) is 30.3 Å². The highest BCUT2D eigenvalue weighted by molar-refractivity contribution is 6.04. The molecule has 0 atom stereocenters. The van der Waals surface area contributed by atoms with E-state index in [1.165, 1.54) is 25.4 Å². The van der Waals surface area contributed by atoms with Crippen LogP contribution in [0.3, 0.4) is 0 Å². The van der Waals surface area contributed by atoms with E-state index in [1.54, 1.807) is 0 Å².